The molecule has 0 fully saturated rings. The van der Waals surface area contributed by atoms with Crippen molar-refractivity contribution in [1.29, 1.82) is 0 Å². The van der Waals surface area contributed by atoms with E-state index >= 15 is 0 Å². The smallest absolute Gasteiger partial charge is 0.131 e. The van der Waals surface area contributed by atoms with Gasteiger partial charge in [-0.3, -0.25) is 0 Å². The van der Waals surface area contributed by atoms with Crippen molar-refractivity contribution in [2.75, 3.05) is 13.2 Å². The van der Waals surface area contributed by atoms with Crippen molar-refractivity contribution in [1.82, 2.24) is 0 Å². The highest BCUT2D eigenvalue weighted by Gasteiger charge is 2.02. The molecule has 0 heterocycles. The predicted molar refractivity (Wildman–Crippen MR) is 56.1 cm³/mol. The van der Waals surface area contributed by atoms with E-state index in [2.05, 4.69) is 0 Å². The Hall–Kier alpha value is -1.13. The predicted octanol–water partition coefficient (Wildman–Crippen LogP) is 1.44. The van der Waals surface area contributed by atoms with Gasteiger partial charge < -0.3 is 15.6 Å². The van der Waals surface area contributed by atoms with Crippen LogP contribution in [0.1, 0.15) is 18.4 Å². The molecule has 0 aromatic heterocycles. The van der Waals surface area contributed by atoms with Gasteiger partial charge in [0.1, 0.15) is 11.6 Å². The van der Waals surface area contributed by atoms with Crippen molar-refractivity contribution in [3.63, 3.8) is 0 Å². The highest BCUT2D eigenvalue weighted by atomic mass is 19.1. The third kappa shape index (κ3) is 3.85. The maximum atomic E-state index is 13.2. The monoisotopic (exact) mass is 213 g/mol. The molecule has 0 atom stereocenters. The van der Waals surface area contributed by atoms with Gasteiger partial charge in [-0.05, 0) is 18.9 Å². The van der Waals surface area contributed by atoms with Gasteiger partial charge in [0, 0.05) is 24.8 Å². The van der Waals surface area contributed by atoms with Crippen LogP contribution in [0.2, 0.25) is 0 Å². The lowest BCUT2D eigenvalue weighted by atomic mass is 10.2. The zero-order valence-electron chi connectivity index (χ0n) is 8.58. The standard InChI is InChI=1S/C11H16FNO2/c12-11-7-10(4-3-9(11)8-13)15-6-2-1-5-14/h3-4,7,14H,1-2,5-6,8,13H2. The molecule has 84 valence electrons. The lowest BCUT2D eigenvalue weighted by molar-refractivity contribution is 0.252. The molecule has 0 unspecified atom stereocenters. The fraction of sp³-hybridized carbons (Fsp3) is 0.455. The number of aliphatic hydroxyl groups excluding tert-OH is 1. The summed E-state index contributed by atoms with van der Waals surface area (Å²) in [6.45, 7) is 0.836. The fourth-order valence-electron chi connectivity index (χ4n) is 1.19. The van der Waals surface area contributed by atoms with Crippen molar-refractivity contribution in [2.24, 2.45) is 5.73 Å². The number of hydrogen-bond acceptors (Lipinski definition) is 3. The van der Waals surface area contributed by atoms with Crippen LogP contribution in [0.3, 0.4) is 0 Å². The molecule has 0 spiro atoms. The summed E-state index contributed by atoms with van der Waals surface area (Å²) in [5.41, 5.74) is 5.82. The normalized spacial score (nSPS) is 10.3. The third-order valence-corrected chi connectivity index (χ3v) is 2.07. The second kappa shape index (κ2) is 6.37. The minimum Gasteiger partial charge on any atom is -0.493 e. The second-order valence-electron chi connectivity index (χ2n) is 3.24. The van der Waals surface area contributed by atoms with E-state index in [4.69, 9.17) is 15.6 Å². The first-order chi connectivity index (χ1) is 7.27. The number of nitrogens with two attached hydrogens (primary N) is 1. The van der Waals surface area contributed by atoms with Crippen LogP contribution in [0, 0.1) is 5.82 Å². The number of rotatable bonds is 6. The Morgan fingerprint density at radius 1 is 1.33 bits per heavy atom. The first kappa shape index (κ1) is 11.9. The SMILES string of the molecule is NCc1ccc(OCCCCO)cc1F. The van der Waals surface area contributed by atoms with Crippen LogP contribution in [0.15, 0.2) is 18.2 Å². The van der Waals surface area contributed by atoms with Gasteiger partial charge in [0.25, 0.3) is 0 Å². The number of aliphatic hydroxyl groups is 1. The largest absolute Gasteiger partial charge is 0.493 e. The molecule has 3 N–H and O–H groups in total. The molecule has 0 bridgehead atoms. The third-order valence-electron chi connectivity index (χ3n) is 2.07. The zero-order chi connectivity index (χ0) is 11.1. The van der Waals surface area contributed by atoms with E-state index in [1.165, 1.54) is 6.07 Å². The molecule has 0 radical (unpaired) electrons. The van der Waals surface area contributed by atoms with Gasteiger partial charge in [-0.15, -0.1) is 0 Å². The zero-order valence-corrected chi connectivity index (χ0v) is 8.58. The molecular formula is C11H16FNO2. The molecule has 1 rings (SSSR count). The Labute approximate surface area is 88.7 Å². The van der Waals surface area contributed by atoms with Crippen LogP contribution >= 0.6 is 0 Å². The van der Waals surface area contributed by atoms with Gasteiger partial charge in [-0.2, -0.15) is 0 Å². The number of halogens is 1. The molecule has 0 saturated carbocycles. The fourth-order valence-corrected chi connectivity index (χ4v) is 1.19. The second-order valence-corrected chi connectivity index (χ2v) is 3.24. The first-order valence-electron chi connectivity index (χ1n) is 5.00. The minimum atomic E-state index is -0.336. The van der Waals surface area contributed by atoms with Crippen LogP contribution in [0.5, 0.6) is 5.75 Å². The molecule has 0 aliphatic carbocycles. The van der Waals surface area contributed by atoms with E-state index < -0.39 is 0 Å². The summed E-state index contributed by atoms with van der Waals surface area (Å²) in [7, 11) is 0. The van der Waals surface area contributed by atoms with Crippen LogP contribution in [-0.2, 0) is 6.54 Å². The molecule has 15 heavy (non-hydrogen) atoms. The molecule has 4 heteroatoms. The van der Waals surface area contributed by atoms with Crippen molar-refractivity contribution in [3.05, 3.63) is 29.6 Å². The van der Waals surface area contributed by atoms with E-state index in [1.54, 1.807) is 12.1 Å². The number of unbranched alkanes of at least 4 members (excludes halogenated alkanes) is 1. The minimum absolute atomic E-state index is 0.157. The average molecular weight is 213 g/mol. The van der Waals surface area contributed by atoms with E-state index in [0.717, 1.165) is 6.42 Å². The highest BCUT2D eigenvalue weighted by Crippen LogP contribution is 2.16. The van der Waals surface area contributed by atoms with Crippen molar-refractivity contribution >= 4 is 0 Å². The maximum absolute atomic E-state index is 13.2. The molecule has 1 aromatic rings. The summed E-state index contributed by atoms with van der Waals surface area (Å²) < 4.78 is 18.5. The maximum Gasteiger partial charge on any atom is 0.131 e. The van der Waals surface area contributed by atoms with Gasteiger partial charge in [-0.25, -0.2) is 4.39 Å². The number of ether oxygens (including phenoxy) is 1. The Morgan fingerprint density at radius 2 is 2.13 bits per heavy atom. The molecule has 3 nitrogen and oxygen atoms in total. The molecule has 0 aliphatic heterocycles. The molecule has 0 saturated heterocycles. The van der Waals surface area contributed by atoms with Gasteiger partial charge in [0.2, 0.25) is 0 Å². The van der Waals surface area contributed by atoms with E-state index in [-0.39, 0.29) is 19.0 Å². The van der Waals surface area contributed by atoms with Crippen LogP contribution in [-0.4, -0.2) is 18.3 Å². The lowest BCUT2D eigenvalue weighted by Crippen LogP contribution is -2.02. The quantitative estimate of drug-likeness (QED) is 0.703. The summed E-state index contributed by atoms with van der Waals surface area (Å²) in [6.07, 6.45) is 1.46. The molecule has 0 amide bonds. The van der Waals surface area contributed by atoms with Crippen LogP contribution < -0.4 is 10.5 Å². The first-order valence-corrected chi connectivity index (χ1v) is 5.00. The van der Waals surface area contributed by atoms with E-state index in [0.29, 0.717) is 24.3 Å². The van der Waals surface area contributed by atoms with Crippen LogP contribution in [0.25, 0.3) is 0 Å². The van der Waals surface area contributed by atoms with Gasteiger partial charge >= 0.3 is 0 Å². The summed E-state index contributed by atoms with van der Waals surface area (Å²) in [4.78, 5) is 0. The van der Waals surface area contributed by atoms with Gasteiger partial charge in [0.05, 0.1) is 6.61 Å². The van der Waals surface area contributed by atoms with Crippen molar-refractivity contribution < 1.29 is 14.2 Å². The van der Waals surface area contributed by atoms with Crippen LogP contribution in [0.4, 0.5) is 4.39 Å². The van der Waals surface area contributed by atoms with Gasteiger partial charge in [-0.1, -0.05) is 6.07 Å². The highest BCUT2D eigenvalue weighted by molar-refractivity contribution is 5.28. The van der Waals surface area contributed by atoms with E-state index in [1.807, 2.05) is 0 Å². The van der Waals surface area contributed by atoms with E-state index in [9.17, 15) is 4.39 Å². The Morgan fingerprint density at radius 3 is 2.73 bits per heavy atom. The molecule has 1 aromatic carbocycles. The lowest BCUT2D eigenvalue weighted by Gasteiger charge is -2.07. The van der Waals surface area contributed by atoms with Gasteiger partial charge in [0.15, 0.2) is 0 Å². The Kier molecular flexibility index (Phi) is 5.07. The average Bonchev–Trinajstić information content (AvgIpc) is 2.25. The number of benzene rings is 1. The summed E-state index contributed by atoms with van der Waals surface area (Å²) in [5, 5.41) is 8.55. The topological polar surface area (TPSA) is 55.5 Å². The summed E-state index contributed by atoms with van der Waals surface area (Å²) in [6, 6.07) is 4.65. The summed E-state index contributed by atoms with van der Waals surface area (Å²) in [5.74, 6) is 0.166. The Balaban J connectivity index is 2.45. The number of hydrogen-bond donors (Lipinski definition) is 2. The molecular weight excluding hydrogens is 197 g/mol. The van der Waals surface area contributed by atoms with Crippen molar-refractivity contribution in [2.45, 2.75) is 19.4 Å². The summed E-state index contributed by atoms with van der Waals surface area (Å²) >= 11 is 0. The molecule has 0 aliphatic rings. The van der Waals surface area contributed by atoms with Crippen molar-refractivity contribution in [3.8, 4) is 5.75 Å². The Bertz CT molecular complexity index is 305.